The van der Waals surface area contributed by atoms with Crippen LogP contribution in [0.15, 0.2) is 30.5 Å². The molecular weight excluding hydrogens is 252 g/mol. The standard InChI is InChI=1S/C15H18N4O/c1-10-12(8-18(2)17-10)9-19-13-6-4-3-5-11(13)7-14(19)15(16)20/h3-6,8,14H,7,9H2,1-2H3,(H2,16,20)/t14-/m0/s1. The summed E-state index contributed by atoms with van der Waals surface area (Å²) in [6, 6.07) is 7.82. The van der Waals surface area contributed by atoms with Crippen LogP contribution in [0.5, 0.6) is 0 Å². The van der Waals surface area contributed by atoms with Gasteiger partial charge >= 0.3 is 0 Å². The van der Waals surface area contributed by atoms with E-state index in [1.165, 1.54) is 5.56 Å². The molecule has 0 fully saturated rings. The first-order valence-corrected chi connectivity index (χ1v) is 6.69. The Morgan fingerprint density at radius 1 is 1.45 bits per heavy atom. The third-order valence-electron chi connectivity index (χ3n) is 3.87. The zero-order chi connectivity index (χ0) is 14.3. The summed E-state index contributed by atoms with van der Waals surface area (Å²) in [6.07, 6.45) is 2.68. The largest absolute Gasteiger partial charge is 0.368 e. The van der Waals surface area contributed by atoms with Gasteiger partial charge in [0.15, 0.2) is 0 Å². The van der Waals surface area contributed by atoms with Crippen LogP contribution in [0, 0.1) is 6.92 Å². The van der Waals surface area contributed by atoms with Crippen LogP contribution in [-0.4, -0.2) is 21.7 Å². The summed E-state index contributed by atoms with van der Waals surface area (Å²) >= 11 is 0. The highest BCUT2D eigenvalue weighted by molar-refractivity contribution is 5.86. The lowest BCUT2D eigenvalue weighted by Crippen LogP contribution is -2.42. The highest BCUT2D eigenvalue weighted by atomic mass is 16.1. The van der Waals surface area contributed by atoms with E-state index < -0.39 is 0 Å². The molecule has 0 radical (unpaired) electrons. The number of nitrogens with zero attached hydrogens (tertiary/aromatic N) is 3. The number of rotatable bonds is 3. The highest BCUT2D eigenvalue weighted by Gasteiger charge is 2.33. The van der Waals surface area contributed by atoms with Gasteiger partial charge in [-0.2, -0.15) is 5.10 Å². The zero-order valence-electron chi connectivity index (χ0n) is 11.7. The van der Waals surface area contributed by atoms with E-state index >= 15 is 0 Å². The molecule has 5 heteroatoms. The number of anilines is 1. The Bertz CT molecular complexity index is 662. The molecule has 1 aliphatic heterocycles. The van der Waals surface area contributed by atoms with Crippen LogP contribution in [0.3, 0.4) is 0 Å². The van der Waals surface area contributed by atoms with Crippen molar-refractivity contribution in [1.29, 1.82) is 0 Å². The molecular formula is C15H18N4O. The first kappa shape index (κ1) is 12.7. The predicted octanol–water partition coefficient (Wildman–Crippen LogP) is 1.15. The summed E-state index contributed by atoms with van der Waals surface area (Å²) in [5.41, 5.74) is 9.95. The molecule has 0 spiro atoms. The van der Waals surface area contributed by atoms with Crippen molar-refractivity contribution in [1.82, 2.24) is 9.78 Å². The number of nitrogens with two attached hydrogens (primary N) is 1. The molecule has 0 unspecified atom stereocenters. The molecule has 1 aromatic heterocycles. The molecule has 1 aliphatic rings. The lowest BCUT2D eigenvalue weighted by atomic mass is 10.1. The molecule has 20 heavy (non-hydrogen) atoms. The third-order valence-corrected chi connectivity index (χ3v) is 3.87. The van der Waals surface area contributed by atoms with Gasteiger partial charge in [-0.3, -0.25) is 9.48 Å². The van der Waals surface area contributed by atoms with Crippen LogP contribution in [0.25, 0.3) is 0 Å². The lowest BCUT2D eigenvalue weighted by Gasteiger charge is -2.25. The van der Waals surface area contributed by atoms with E-state index in [-0.39, 0.29) is 11.9 Å². The number of para-hydroxylation sites is 1. The monoisotopic (exact) mass is 270 g/mol. The summed E-state index contributed by atoms with van der Waals surface area (Å²) in [7, 11) is 1.90. The van der Waals surface area contributed by atoms with Gasteiger partial charge in [0.1, 0.15) is 6.04 Å². The Balaban J connectivity index is 1.96. The van der Waals surface area contributed by atoms with E-state index in [2.05, 4.69) is 16.1 Å². The van der Waals surface area contributed by atoms with Crippen LogP contribution in [0.4, 0.5) is 5.69 Å². The van der Waals surface area contributed by atoms with Crippen LogP contribution in [0.1, 0.15) is 16.8 Å². The van der Waals surface area contributed by atoms with Crippen molar-refractivity contribution >= 4 is 11.6 Å². The quantitative estimate of drug-likeness (QED) is 0.909. The summed E-state index contributed by atoms with van der Waals surface area (Å²) in [5.74, 6) is -0.275. The Labute approximate surface area is 118 Å². The number of fused-ring (bicyclic) bond motifs is 1. The molecule has 2 heterocycles. The predicted molar refractivity (Wildman–Crippen MR) is 77.3 cm³/mol. The molecule has 0 saturated heterocycles. The maximum Gasteiger partial charge on any atom is 0.240 e. The maximum atomic E-state index is 11.7. The number of aryl methyl sites for hydroxylation is 2. The van der Waals surface area contributed by atoms with E-state index in [9.17, 15) is 4.79 Å². The number of benzene rings is 1. The van der Waals surface area contributed by atoms with Crippen molar-refractivity contribution in [2.45, 2.75) is 25.9 Å². The van der Waals surface area contributed by atoms with E-state index in [0.717, 1.165) is 16.9 Å². The SMILES string of the molecule is Cc1nn(C)cc1CN1c2ccccc2C[C@H]1C(N)=O. The number of hydrogen-bond donors (Lipinski definition) is 1. The van der Waals surface area contributed by atoms with Gasteiger partial charge in [-0.1, -0.05) is 18.2 Å². The molecule has 3 rings (SSSR count). The van der Waals surface area contributed by atoms with Gasteiger partial charge < -0.3 is 10.6 Å². The third kappa shape index (κ3) is 2.05. The van der Waals surface area contributed by atoms with E-state index in [1.54, 1.807) is 4.68 Å². The van der Waals surface area contributed by atoms with Gasteiger partial charge in [0.05, 0.1) is 5.69 Å². The molecule has 0 aliphatic carbocycles. The lowest BCUT2D eigenvalue weighted by molar-refractivity contribution is -0.119. The molecule has 0 saturated carbocycles. The highest BCUT2D eigenvalue weighted by Crippen LogP contribution is 2.33. The first-order valence-electron chi connectivity index (χ1n) is 6.69. The fourth-order valence-electron chi connectivity index (χ4n) is 2.89. The second-order valence-corrected chi connectivity index (χ2v) is 5.29. The van der Waals surface area contributed by atoms with E-state index in [4.69, 9.17) is 5.73 Å². The van der Waals surface area contributed by atoms with Crippen LogP contribution in [0.2, 0.25) is 0 Å². The van der Waals surface area contributed by atoms with Crippen molar-refractivity contribution in [3.05, 3.63) is 47.3 Å². The Kier molecular flexibility index (Phi) is 2.97. The summed E-state index contributed by atoms with van der Waals surface area (Å²) in [4.78, 5) is 13.8. The summed E-state index contributed by atoms with van der Waals surface area (Å²) < 4.78 is 1.80. The van der Waals surface area contributed by atoms with Gasteiger partial charge in [0.25, 0.3) is 0 Å². The Morgan fingerprint density at radius 3 is 2.85 bits per heavy atom. The number of primary amides is 1. The van der Waals surface area contributed by atoms with Crippen LogP contribution in [-0.2, 0) is 24.8 Å². The Hall–Kier alpha value is -2.30. The molecule has 5 nitrogen and oxygen atoms in total. The van der Waals surface area contributed by atoms with Gasteiger partial charge in [-0.25, -0.2) is 0 Å². The number of hydrogen-bond acceptors (Lipinski definition) is 3. The van der Waals surface area contributed by atoms with Gasteiger partial charge in [0, 0.05) is 37.5 Å². The molecule has 1 amide bonds. The van der Waals surface area contributed by atoms with E-state index in [0.29, 0.717) is 13.0 Å². The van der Waals surface area contributed by atoms with Gasteiger partial charge in [0.2, 0.25) is 5.91 Å². The van der Waals surface area contributed by atoms with Crippen molar-refractivity contribution in [3.8, 4) is 0 Å². The number of carbonyl (C=O) groups is 1. The number of amides is 1. The van der Waals surface area contributed by atoms with Crippen molar-refractivity contribution in [2.24, 2.45) is 12.8 Å². The average Bonchev–Trinajstić information content (AvgIpc) is 2.91. The Morgan fingerprint density at radius 2 is 2.20 bits per heavy atom. The number of carbonyl (C=O) groups excluding carboxylic acids is 1. The molecule has 0 bridgehead atoms. The minimum atomic E-state index is -0.275. The number of aromatic nitrogens is 2. The smallest absolute Gasteiger partial charge is 0.240 e. The van der Waals surface area contributed by atoms with Crippen molar-refractivity contribution < 1.29 is 4.79 Å². The molecule has 2 aromatic rings. The second kappa shape index (κ2) is 4.67. The summed E-state index contributed by atoms with van der Waals surface area (Å²) in [6.45, 7) is 2.64. The van der Waals surface area contributed by atoms with Gasteiger partial charge in [-0.15, -0.1) is 0 Å². The maximum absolute atomic E-state index is 11.7. The molecule has 1 aromatic carbocycles. The first-order chi connectivity index (χ1) is 9.56. The molecule has 1 atom stereocenters. The fraction of sp³-hybridized carbons (Fsp3) is 0.333. The second-order valence-electron chi connectivity index (χ2n) is 5.29. The van der Waals surface area contributed by atoms with Gasteiger partial charge in [-0.05, 0) is 18.6 Å². The fourth-order valence-corrected chi connectivity index (χ4v) is 2.89. The topological polar surface area (TPSA) is 64.2 Å². The van der Waals surface area contributed by atoms with Crippen LogP contribution < -0.4 is 10.6 Å². The zero-order valence-corrected chi connectivity index (χ0v) is 11.7. The average molecular weight is 270 g/mol. The minimum absolute atomic E-state index is 0.271. The van der Waals surface area contributed by atoms with Crippen LogP contribution >= 0.6 is 0 Å². The normalized spacial score (nSPS) is 17.3. The molecule has 104 valence electrons. The molecule has 2 N–H and O–H groups in total. The summed E-state index contributed by atoms with van der Waals surface area (Å²) in [5, 5.41) is 4.35. The van der Waals surface area contributed by atoms with Crippen molar-refractivity contribution in [2.75, 3.05) is 4.90 Å². The van der Waals surface area contributed by atoms with Crippen molar-refractivity contribution in [3.63, 3.8) is 0 Å². The van der Waals surface area contributed by atoms with E-state index in [1.807, 2.05) is 38.4 Å². The minimum Gasteiger partial charge on any atom is -0.368 e.